The molecule has 5 nitrogen and oxygen atoms in total. The average molecular weight is 228 g/mol. The molecule has 5 heteroatoms. The van der Waals surface area contributed by atoms with Gasteiger partial charge in [-0.15, -0.1) is 0 Å². The lowest BCUT2D eigenvalue weighted by Crippen LogP contribution is -2.48. The summed E-state index contributed by atoms with van der Waals surface area (Å²) < 4.78 is 0. The maximum atomic E-state index is 11.9. The Labute approximate surface area is 95.6 Å². The van der Waals surface area contributed by atoms with Gasteiger partial charge in [-0.05, 0) is 32.7 Å². The fraction of sp³-hybridized carbons (Fsp3) is 0.818. The zero-order valence-corrected chi connectivity index (χ0v) is 9.71. The molecule has 1 unspecified atom stereocenters. The van der Waals surface area contributed by atoms with E-state index < -0.39 is 5.97 Å². The van der Waals surface area contributed by atoms with E-state index in [1.807, 2.05) is 6.92 Å². The SMILES string of the molecule is CC1(C(=O)NCCCC(=O)O)CCCNC1. The van der Waals surface area contributed by atoms with Crippen molar-refractivity contribution in [3.05, 3.63) is 0 Å². The molecule has 1 fully saturated rings. The quantitative estimate of drug-likeness (QED) is 0.594. The van der Waals surface area contributed by atoms with E-state index in [0.717, 1.165) is 19.4 Å². The fourth-order valence-corrected chi connectivity index (χ4v) is 1.90. The van der Waals surface area contributed by atoms with Gasteiger partial charge in [0.05, 0.1) is 5.41 Å². The van der Waals surface area contributed by atoms with Crippen LogP contribution in [0.25, 0.3) is 0 Å². The first kappa shape index (κ1) is 13.0. The summed E-state index contributed by atoms with van der Waals surface area (Å²) in [5.41, 5.74) is -0.332. The van der Waals surface area contributed by atoms with Gasteiger partial charge in [0.1, 0.15) is 0 Å². The van der Waals surface area contributed by atoms with Crippen molar-refractivity contribution in [2.45, 2.75) is 32.6 Å². The summed E-state index contributed by atoms with van der Waals surface area (Å²) in [6.07, 6.45) is 2.50. The van der Waals surface area contributed by atoms with Gasteiger partial charge in [0.15, 0.2) is 0 Å². The Balaban J connectivity index is 2.25. The summed E-state index contributed by atoms with van der Waals surface area (Å²) in [6.45, 7) is 4.08. The summed E-state index contributed by atoms with van der Waals surface area (Å²) in [6, 6.07) is 0. The van der Waals surface area contributed by atoms with Crippen molar-refractivity contribution in [1.82, 2.24) is 10.6 Å². The molecule has 0 spiro atoms. The molecule has 1 rings (SSSR count). The lowest BCUT2D eigenvalue weighted by atomic mass is 9.82. The van der Waals surface area contributed by atoms with Crippen molar-refractivity contribution in [2.75, 3.05) is 19.6 Å². The third-order valence-electron chi connectivity index (χ3n) is 3.00. The van der Waals surface area contributed by atoms with Crippen molar-refractivity contribution in [2.24, 2.45) is 5.41 Å². The number of aliphatic carboxylic acids is 1. The summed E-state index contributed by atoms with van der Waals surface area (Å²) in [7, 11) is 0. The average Bonchev–Trinajstić information content (AvgIpc) is 2.25. The Hall–Kier alpha value is -1.10. The van der Waals surface area contributed by atoms with Gasteiger partial charge < -0.3 is 15.7 Å². The van der Waals surface area contributed by atoms with Crippen LogP contribution >= 0.6 is 0 Å². The molecule has 1 saturated heterocycles. The lowest BCUT2D eigenvalue weighted by molar-refractivity contribution is -0.137. The van der Waals surface area contributed by atoms with Crippen LogP contribution in [0.1, 0.15) is 32.6 Å². The molecule has 1 heterocycles. The van der Waals surface area contributed by atoms with Crippen LogP contribution in [0.5, 0.6) is 0 Å². The summed E-state index contributed by atoms with van der Waals surface area (Å²) >= 11 is 0. The maximum absolute atomic E-state index is 11.9. The molecule has 92 valence electrons. The molecule has 0 radical (unpaired) electrons. The van der Waals surface area contributed by atoms with Gasteiger partial charge >= 0.3 is 5.97 Å². The fourth-order valence-electron chi connectivity index (χ4n) is 1.90. The maximum Gasteiger partial charge on any atom is 0.303 e. The van der Waals surface area contributed by atoms with Gasteiger partial charge in [0.25, 0.3) is 0 Å². The van der Waals surface area contributed by atoms with Crippen molar-refractivity contribution >= 4 is 11.9 Å². The minimum atomic E-state index is -0.820. The van der Waals surface area contributed by atoms with Crippen LogP contribution < -0.4 is 10.6 Å². The van der Waals surface area contributed by atoms with E-state index in [4.69, 9.17) is 5.11 Å². The number of carboxylic acids is 1. The van der Waals surface area contributed by atoms with Crippen molar-refractivity contribution in [3.8, 4) is 0 Å². The monoisotopic (exact) mass is 228 g/mol. The van der Waals surface area contributed by atoms with Gasteiger partial charge in [0.2, 0.25) is 5.91 Å². The first-order chi connectivity index (χ1) is 7.54. The lowest BCUT2D eigenvalue weighted by Gasteiger charge is -2.32. The molecule has 0 saturated carbocycles. The number of hydrogen-bond acceptors (Lipinski definition) is 3. The number of amides is 1. The highest BCUT2D eigenvalue weighted by atomic mass is 16.4. The first-order valence-electron chi connectivity index (χ1n) is 5.75. The van der Waals surface area contributed by atoms with Gasteiger partial charge in [0, 0.05) is 19.5 Å². The molecule has 0 aromatic rings. The summed E-state index contributed by atoms with van der Waals surface area (Å²) in [5.74, 6) is -0.787. The third-order valence-corrected chi connectivity index (χ3v) is 3.00. The largest absolute Gasteiger partial charge is 0.481 e. The number of carboxylic acid groups (broad SMARTS) is 1. The molecule has 1 atom stereocenters. The summed E-state index contributed by atoms with van der Waals surface area (Å²) in [4.78, 5) is 22.2. The van der Waals surface area contributed by atoms with E-state index in [1.54, 1.807) is 0 Å². The van der Waals surface area contributed by atoms with Crippen LogP contribution in [0.3, 0.4) is 0 Å². The predicted octanol–water partition coefficient (Wildman–Crippen LogP) is 0.357. The second kappa shape index (κ2) is 5.84. The van der Waals surface area contributed by atoms with Gasteiger partial charge in [-0.1, -0.05) is 0 Å². The van der Waals surface area contributed by atoms with Crippen LogP contribution in [0.4, 0.5) is 0 Å². The Kier molecular flexibility index (Phi) is 4.73. The molecule has 3 N–H and O–H groups in total. The summed E-state index contributed by atoms with van der Waals surface area (Å²) in [5, 5.41) is 14.5. The smallest absolute Gasteiger partial charge is 0.303 e. The highest BCUT2D eigenvalue weighted by Gasteiger charge is 2.34. The number of piperidine rings is 1. The van der Waals surface area contributed by atoms with Crippen molar-refractivity contribution < 1.29 is 14.7 Å². The molecule has 1 aliphatic rings. The molecule has 0 aromatic heterocycles. The number of carbonyl (C=O) groups excluding carboxylic acids is 1. The molecular formula is C11H20N2O3. The topological polar surface area (TPSA) is 78.4 Å². The van der Waals surface area contributed by atoms with Gasteiger partial charge in [-0.2, -0.15) is 0 Å². The molecular weight excluding hydrogens is 208 g/mol. The molecule has 0 aliphatic carbocycles. The first-order valence-corrected chi connectivity index (χ1v) is 5.75. The molecule has 0 bridgehead atoms. The van der Waals surface area contributed by atoms with Crippen LogP contribution in [-0.4, -0.2) is 36.6 Å². The van der Waals surface area contributed by atoms with E-state index in [1.165, 1.54) is 0 Å². The number of nitrogens with one attached hydrogen (secondary N) is 2. The molecule has 16 heavy (non-hydrogen) atoms. The predicted molar refractivity (Wildman–Crippen MR) is 60.1 cm³/mol. The van der Waals surface area contributed by atoms with Gasteiger partial charge in [-0.25, -0.2) is 0 Å². The second-order valence-corrected chi connectivity index (χ2v) is 4.59. The Morgan fingerprint density at radius 2 is 2.25 bits per heavy atom. The van der Waals surface area contributed by atoms with Crippen LogP contribution in [0.2, 0.25) is 0 Å². The van der Waals surface area contributed by atoms with Crippen LogP contribution in [0.15, 0.2) is 0 Å². The Bertz CT molecular complexity index is 260. The normalized spacial score (nSPS) is 25.1. The molecule has 1 aliphatic heterocycles. The third kappa shape index (κ3) is 3.81. The van der Waals surface area contributed by atoms with E-state index in [2.05, 4.69) is 10.6 Å². The zero-order chi connectivity index (χ0) is 12.0. The van der Waals surface area contributed by atoms with Crippen LogP contribution in [0, 0.1) is 5.41 Å². The highest BCUT2D eigenvalue weighted by Crippen LogP contribution is 2.25. The van der Waals surface area contributed by atoms with Crippen molar-refractivity contribution in [3.63, 3.8) is 0 Å². The van der Waals surface area contributed by atoms with Crippen molar-refractivity contribution in [1.29, 1.82) is 0 Å². The van der Waals surface area contributed by atoms with Gasteiger partial charge in [-0.3, -0.25) is 9.59 Å². The van der Waals surface area contributed by atoms with E-state index in [0.29, 0.717) is 19.5 Å². The second-order valence-electron chi connectivity index (χ2n) is 4.59. The minimum absolute atomic E-state index is 0.0325. The number of hydrogen-bond donors (Lipinski definition) is 3. The highest BCUT2D eigenvalue weighted by molar-refractivity contribution is 5.82. The molecule has 0 aromatic carbocycles. The van der Waals surface area contributed by atoms with E-state index in [9.17, 15) is 9.59 Å². The zero-order valence-electron chi connectivity index (χ0n) is 9.71. The number of rotatable bonds is 5. The Morgan fingerprint density at radius 1 is 1.50 bits per heavy atom. The number of carbonyl (C=O) groups is 2. The van der Waals surface area contributed by atoms with Crippen LogP contribution in [-0.2, 0) is 9.59 Å². The standard InChI is InChI=1S/C11H20N2O3/c1-11(5-3-6-12-8-11)10(16)13-7-2-4-9(14)15/h12H,2-8H2,1H3,(H,13,16)(H,14,15). The minimum Gasteiger partial charge on any atom is -0.481 e. The van der Waals surface area contributed by atoms with E-state index in [-0.39, 0.29) is 17.7 Å². The molecule has 1 amide bonds. The van der Waals surface area contributed by atoms with E-state index >= 15 is 0 Å². The Morgan fingerprint density at radius 3 is 2.81 bits per heavy atom.